The monoisotopic (exact) mass is 1180 g/mol. The first-order valence-electron chi connectivity index (χ1n) is 29.9. The maximum Gasteiger partial charge on any atom is 0.343 e. The molecule has 2 saturated heterocycles. The third kappa shape index (κ3) is 8.38. The minimum absolute atomic E-state index is 0.0101. The topological polar surface area (TPSA) is 303 Å². The molecule has 4 aliphatic heterocycles. The van der Waals surface area contributed by atoms with Gasteiger partial charge in [0.15, 0.2) is 11.2 Å². The number of allylic oxidation sites excluding steroid dienone is 1. The van der Waals surface area contributed by atoms with Crippen LogP contribution in [0.5, 0.6) is 23.0 Å². The van der Waals surface area contributed by atoms with Gasteiger partial charge in [0.2, 0.25) is 5.91 Å². The number of nitrogens with zero attached hydrogens (tertiary/aromatic N) is 3. The van der Waals surface area contributed by atoms with E-state index in [2.05, 4.69) is 15.6 Å². The number of hydrogen-bond acceptors (Lipinski definition) is 20. The number of aryl methyl sites for hydroxylation is 1. The number of benzene rings is 3. The number of ether oxygens (including phenoxy) is 8. The van der Waals surface area contributed by atoms with Crippen LogP contribution >= 0.6 is 0 Å². The maximum atomic E-state index is 14.4. The summed E-state index contributed by atoms with van der Waals surface area (Å²) in [5, 5.41) is 60.9. The third-order valence-electron chi connectivity index (χ3n) is 21.6. The Morgan fingerprint density at radius 2 is 1.48 bits per heavy atom. The minimum atomic E-state index is -2.11. The number of epoxide rings is 1. The number of carbonyl (C=O) groups excluding carboxylic acids is 6. The number of rotatable bonds is 14. The standard InChI is InChI=1S/C64H72N4O18/c1-29-23-44-62(7,63(8,78)59(77)85-44)50-47(29)61(6)48(53(50)75)46-49(55(80-30(2)69)57(61)82-32(4)71)60(5)40(26-43-54(84-43)56(60)81-31(3)70)51(52(46)74)65-45(73)17-11-9-10-14-22-68-27-33(66-67-68)28-79-35-19-21-39-42(25-35)83-41-24-34(72)18-20-38(41)64(39)37-16-13-12-15-36(37)58(76)86-64/h12-13,15-16,18-21,23-25,27,29,40,43,46-57,72,74-75,78H,9-11,14,17,22,26,28H2,1-8H3,(H,65,73)/t29-,40-,43+,46+,47+,48-,49-,50?,51+,52-,53-,54+,55+,56+,57+,60+,61-,62+,63-,64?/m1/s1. The second-order valence-corrected chi connectivity index (χ2v) is 26.1. The van der Waals surface area contributed by atoms with Crippen molar-refractivity contribution in [1.29, 1.82) is 0 Å². The van der Waals surface area contributed by atoms with Crippen molar-refractivity contribution < 1.29 is 87.1 Å². The van der Waals surface area contributed by atoms with Crippen LogP contribution in [0, 0.1) is 57.7 Å². The number of aliphatic hydroxyl groups is 3. The summed E-state index contributed by atoms with van der Waals surface area (Å²) in [6.07, 6.45) is -0.673. The van der Waals surface area contributed by atoms with Crippen molar-refractivity contribution in [3.8, 4) is 23.0 Å². The Hall–Kier alpha value is -7.40. The third-order valence-corrected chi connectivity index (χ3v) is 21.6. The first kappa shape index (κ1) is 57.7. The summed E-state index contributed by atoms with van der Waals surface area (Å²) in [6.45, 7) is 13.1. The van der Waals surface area contributed by atoms with Crippen molar-refractivity contribution in [2.24, 2.45) is 57.7 Å². The van der Waals surface area contributed by atoms with E-state index in [0.717, 1.165) is 12.8 Å². The lowest BCUT2D eigenvalue weighted by Gasteiger charge is -2.67. The molecule has 20 atom stereocenters. The molecule has 13 rings (SSSR count). The first-order chi connectivity index (χ1) is 40.8. The minimum Gasteiger partial charge on any atom is -0.508 e. The number of aromatic nitrogens is 3. The lowest BCUT2D eigenvalue weighted by atomic mass is 9.40. The van der Waals surface area contributed by atoms with Gasteiger partial charge in [-0.25, -0.2) is 9.59 Å². The first-order valence-corrected chi connectivity index (χ1v) is 29.9. The molecule has 3 aromatic carbocycles. The molecule has 4 aromatic rings. The average Bonchev–Trinajstić information content (AvgIpc) is 1.42. The van der Waals surface area contributed by atoms with Crippen LogP contribution in [0.15, 0.2) is 78.7 Å². The van der Waals surface area contributed by atoms with Gasteiger partial charge in [-0.05, 0) is 93.2 Å². The zero-order chi connectivity index (χ0) is 60.9. The number of carbonyl (C=O) groups is 6. The van der Waals surface area contributed by atoms with Crippen molar-refractivity contribution in [2.75, 3.05) is 0 Å². The molecule has 2 unspecified atom stereocenters. The summed E-state index contributed by atoms with van der Waals surface area (Å²) >= 11 is 0. The van der Waals surface area contributed by atoms with Crippen molar-refractivity contribution in [3.63, 3.8) is 0 Å². The molecule has 5 heterocycles. The van der Waals surface area contributed by atoms with Crippen LogP contribution in [0.4, 0.5) is 0 Å². The number of aromatic hydroxyl groups is 1. The smallest absolute Gasteiger partial charge is 0.343 e. The normalized spacial score (nSPS) is 38.7. The van der Waals surface area contributed by atoms with E-state index in [-0.39, 0.29) is 36.5 Å². The summed E-state index contributed by atoms with van der Waals surface area (Å²) in [7, 11) is 0. The summed E-state index contributed by atoms with van der Waals surface area (Å²) in [5.41, 5.74) is -4.63. The van der Waals surface area contributed by atoms with Gasteiger partial charge >= 0.3 is 29.8 Å². The van der Waals surface area contributed by atoms with E-state index in [4.69, 9.17) is 37.9 Å². The van der Waals surface area contributed by atoms with Gasteiger partial charge in [0.1, 0.15) is 65.5 Å². The zero-order valence-electron chi connectivity index (χ0n) is 49.1. The van der Waals surface area contributed by atoms with E-state index in [9.17, 15) is 49.2 Å². The van der Waals surface area contributed by atoms with Crippen LogP contribution in [0.1, 0.15) is 127 Å². The fraction of sp³-hybridized carbons (Fsp3) is 0.562. The molecule has 5 N–H and O–H groups in total. The van der Waals surface area contributed by atoms with Crippen LogP contribution in [-0.2, 0) is 71.1 Å². The second kappa shape index (κ2) is 20.3. The lowest BCUT2D eigenvalue weighted by Crippen LogP contribution is -2.77. The van der Waals surface area contributed by atoms with Gasteiger partial charge in [-0.2, -0.15) is 0 Å². The van der Waals surface area contributed by atoms with Crippen LogP contribution in [0.25, 0.3) is 0 Å². The van der Waals surface area contributed by atoms with Gasteiger partial charge in [-0.15, -0.1) is 5.10 Å². The number of phenolic OH excluding ortho intramolecular Hbond substituents is 1. The number of aliphatic hydroxyl groups excluding tert-OH is 2. The van der Waals surface area contributed by atoms with Crippen molar-refractivity contribution in [2.45, 2.75) is 167 Å². The molecule has 6 fully saturated rings. The van der Waals surface area contributed by atoms with Gasteiger partial charge in [-0.3, -0.25) is 23.9 Å². The number of esters is 5. The molecule has 4 saturated carbocycles. The van der Waals surface area contributed by atoms with E-state index in [1.54, 1.807) is 60.3 Å². The Bertz CT molecular complexity index is 3530. The fourth-order valence-electron chi connectivity index (χ4n) is 18.0. The molecule has 9 aliphatic rings. The fourth-order valence-corrected chi connectivity index (χ4v) is 18.0. The largest absolute Gasteiger partial charge is 0.508 e. The Kier molecular flexibility index (Phi) is 13.6. The van der Waals surface area contributed by atoms with E-state index in [1.807, 2.05) is 32.9 Å². The molecular formula is C64H72N4O18. The maximum absolute atomic E-state index is 14.4. The highest BCUT2D eigenvalue weighted by Gasteiger charge is 2.83. The van der Waals surface area contributed by atoms with Gasteiger partial charge in [0.25, 0.3) is 0 Å². The number of unbranched alkanes of at least 4 members (excludes halogenated alkanes) is 3. The quantitative estimate of drug-likeness (QED) is 0.0428. The molecule has 1 spiro atoms. The molecule has 1 aromatic heterocycles. The lowest BCUT2D eigenvalue weighted by molar-refractivity contribution is -0.285. The Morgan fingerprint density at radius 3 is 2.22 bits per heavy atom. The molecule has 22 nitrogen and oxygen atoms in total. The summed E-state index contributed by atoms with van der Waals surface area (Å²) in [5.74, 6) is -8.04. The van der Waals surface area contributed by atoms with Crippen LogP contribution in [0.3, 0.4) is 0 Å². The Balaban J connectivity index is 0.697. The molecule has 86 heavy (non-hydrogen) atoms. The van der Waals surface area contributed by atoms with Gasteiger partial charge < -0.3 is 63.6 Å². The molecule has 1 amide bonds. The van der Waals surface area contributed by atoms with Crippen molar-refractivity contribution >= 4 is 35.8 Å². The predicted octanol–water partition coefficient (Wildman–Crippen LogP) is 5.85. The highest BCUT2D eigenvalue weighted by Crippen LogP contribution is 2.76. The molecule has 456 valence electrons. The Labute approximate surface area is 495 Å². The van der Waals surface area contributed by atoms with Crippen LogP contribution < -0.4 is 14.8 Å². The van der Waals surface area contributed by atoms with E-state index < -0.39 is 141 Å². The van der Waals surface area contributed by atoms with E-state index in [1.165, 1.54) is 39.8 Å². The molecule has 22 heteroatoms. The number of hydrogen-bond donors (Lipinski definition) is 5. The second-order valence-electron chi connectivity index (χ2n) is 26.1. The Morgan fingerprint density at radius 1 is 0.779 bits per heavy atom. The van der Waals surface area contributed by atoms with Crippen molar-refractivity contribution in [3.05, 3.63) is 107 Å². The predicted molar refractivity (Wildman–Crippen MR) is 297 cm³/mol. The van der Waals surface area contributed by atoms with E-state index >= 15 is 0 Å². The van der Waals surface area contributed by atoms with Gasteiger partial charge in [0.05, 0.1) is 41.5 Å². The average molecular weight is 1190 g/mol. The van der Waals surface area contributed by atoms with Gasteiger partial charge in [0, 0.05) is 91.1 Å². The highest BCUT2D eigenvalue weighted by molar-refractivity contribution is 5.97. The van der Waals surface area contributed by atoms with Crippen LogP contribution in [-0.4, -0.2) is 126 Å². The van der Waals surface area contributed by atoms with Crippen LogP contribution in [0.2, 0.25) is 0 Å². The van der Waals surface area contributed by atoms with Gasteiger partial charge in [-0.1, -0.05) is 57.0 Å². The summed E-state index contributed by atoms with van der Waals surface area (Å²) < 4.78 is 51.3. The molecule has 0 bridgehead atoms. The SMILES string of the molecule is CC(=O)O[C@H]1[C@H]2[C@@H]([C@@H](O)[C@@H](NC(=O)CCCCCCn3cc(COc4ccc5c(c4)Oc4cc(O)ccc4C54OC(=O)c5ccccc54)nn3)[C@H]3C[C@@H]4O[C@@H]4[C@H](OC(C)=O)[C@]23C)[C@@H]2[C@@H](O)C3[C@H]([C@H](C)C=C4OC(=O)[C@@](C)(O)[C@@]43C)[C@@]2(C)[C@H]1OC(C)=O. The number of nitrogens with one attached hydrogen (secondary N) is 1. The van der Waals surface area contributed by atoms with Crippen molar-refractivity contribution in [1.82, 2.24) is 20.3 Å². The summed E-state index contributed by atoms with van der Waals surface area (Å²) in [4.78, 5) is 81.2. The molecule has 0 radical (unpaired) electrons. The summed E-state index contributed by atoms with van der Waals surface area (Å²) in [6, 6.07) is 16.2. The number of fused-ring (bicyclic) bond motifs is 16. The zero-order valence-corrected chi connectivity index (χ0v) is 49.1. The highest BCUT2D eigenvalue weighted by atomic mass is 16.6. The van der Waals surface area contributed by atoms with E-state index in [0.29, 0.717) is 71.0 Å². The molecule has 5 aliphatic carbocycles. The molecular weight excluding hydrogens is 1110 g/mol. The number of amides is 1. The number of phenols is 1.